The van der Waals surface area contributed by atoms with Gasteiger partial charge in [-0.25, -0.2) is 0 Å². The number of hydrogen-bond donors (Lipinski definition) is 2. The highest BCUT2D eigenvalue weighted by Gasteiger charge is 2.14. The molecule has 98 valence electrons. The molecular formula is C11H15N3O4. The number of anilines is 1. The van der Waals surface area contributed by atoms with Gasteiger partial charge in [0.25, 0.3) is 5.69 Å². The van der Waals surface area contributed by atoms with Crippen molar-refractivity contribution < 1.29 is 14.5 Å². The first-order valence-corrected chi connectivity index (χ1v) is 5.39. The molecule has 0 spiro atoms. The Balaban J connectivity index is 2.69. The Morgan fingerprint density at radius 3 is 2.83 bits per heavy atom. The number of amides is 1. The Labute approximate surface area is 104 Å². The van der Waals surface area contributed by atoms with Gasteiger partial charge in [0, 0.05) is 13.0 Å². The molecular weight excluding hydrogens is 238 g/mol. The van der Waals surface area contributed by atoms with E-state index in [0.29, 0.717) is 24.4 Å². The largest absolute Gasteiger partial charge is 0.496 e. The van der Waals surface area contributed by atoms with Crippen molar-refractivity contribution in [2.75, 3.05) is 19.0 Å². The standard InChI is InChI=1S/C11H15N3O4/c1-18-8-4-5-9(10(7-8)14(16)17)13-6-2-3-11(12)15/h4-5,7,13H,2-3,6H2,1H3,(H2,12,15). The number of nitro groups is 1. The lowest BCUT2D eigenvalue weighted by molar-refractivity contribution is -0.384. The molecule has 1 amide bonds. The number of carbonyl (C=O) groups is 1. The monoisotopic (exact) mass is 253 g/mol. The van der Waals surface area contributed by atoms with Crippen molar-refractivity contribution in [3.05, 3.63) is 28.3 Å². The average molecular weight is 253 g/mol. The minimum atomic E-state index is -0.487. The molecule has 0 aliphatic heterocycles. The zero-order valence-electron chi connectivity index (χ0n) is 10.0. The highest BCUT2D eigenvalue weighted by atomic mass is 16.6. The average Bonchev–Trinajstić information content (AvgIpc) is 2.34. The molecule has 1 aromatic carbocycles. The van der Waals surface area contributed by atoms with Crippen LogP contribution in [0.4, 0.5) is 11.4 Å². The van der Waals surface area contributed by atoms with E-state index in [4.69, 9.17) is 10.5 Å². The molecule has 7 nitrogen and oxygen atoms in total. The molecule has 0 heterocycles. The first-order valence-electron chi connectivity index (χ1n) is 5.39. The summed E-state index contributed by atoms with van der Waals surface area (Å²) in [6, 6.07) is 4.54. The molecule has 0 aliphatic carbocycles. The summed E-state index contributed by atoms with van der Waals surface area (Å²) in [5, 5.41) is 13.8. The highest BCUT2D eigenvalue weighted by Crippen LogP contribution is 2.28. The van der Waals surface area contributed by atoms with Crippen LogP contribution in [0.3, 0.4) is 0 Å². The van der Waals surface area contributed by atoms with Crippen LogP contribution in [0, 0.1) is 10.1 Å². The van der Waals surface area contributed by atoms with Crippen LogP contribution in [-0.2, 0) is 4.79 Å². The number of carbonyl (C=O) groups excluding carboxylic acids is 1. The summed E-state index contributed by atoms with van der Waals surface area (Å²) < 4.78 is 4.92. The molecule has 18 heavy (non-hydrogen) atoms. The molecule has 7 heteroatoms. The van der Waals surface area contributed by atoms with E-state index in [0.717, 1.165) is 0 Å². The van der Waals surface area contributed by atoms with Crippen molar-refractivity contribution >= 4 is 17.3 Å². The van der Waals surface area contributed by atoms with E-state index in [1.165, 1.54) is 13.2 Å². The lowest BCUT2D eigenvalue weighted by Crippen LogP contribution is -2.13. The van der Waals surface area contributed by atoms with Crippen LogP contribution in [0.15, 0.2) is 18.2 Å². The summed E-state index contributed by atoms with van der Waals surface area (Å²) in [5.41, 5.74) is 5.33. The summed E-state index contributed by atoms with van der Waals surface area (Å²) in [7, 11) is 1.44. The molecule has 1 aromatic rings. The third-order valence-corrected chi connectivity index (χ3v) is 2.32. The van der Waals surface area contributed by atoms with Gasteiger partial charge < -0.3 is 15.8 Å². The number of nitrogens with one attached hydrogen (secondary N) is 1. The topological polar surface area (TPSA) is 107 Å². The quantitative estimate of drug-likeness (QED) is 0.432. The minimum Gasteiger partial charge on any atom is -0.496 e. The van der Waals surface area contributed by atoms with Crippen LogP contribution in [0.5, 0.6) is 5.75 Å². The van der Waals surface area contributed by atoms with Gasteiger partial charge in [-0.15, -0.1) is 0 Å². The van der Waals surface area contributed by atoms with Gasteiger partial charge in [-0.3, -0.25) is 14.9 Å². The van der Waals surface area contributed by atoms with Crippen LogP contribution in [0.2, 0.25) is 0 Å². The van der Waals surface area contributed by atoms with Gasteiger partial charge in [0.1, 0.15) is 11.4 Å². The Bertz CT molecular complexity index is 448. The van der Waals surface area contributed by atoms with Gasteiger partial charge in [-0.05, 0) is 18.6 Å². The fraction of sp³-hybridized carbons (Fsp3) is 0.364. The van der Waals surface area contributed by atoms with Crippen LogP contribution < -0.4 is 15.8 Å². The maximum Gasteiger partial charge on any atom is 0.296 e. The van der Waals surface area contributed by atoms with E-state index in [2.05, 4.69) is 5.32 Å². The molecule has 3 N–H and O–H groups in total. The molecule has 0 atom stereocenters. The zero-order valence-corrected chi connectivity index (χ0v) is 10.0. The first kappa shape index (κ1) is 13.8. The SMILES string of the molecule is COc1ccc(NCCCC(N)=O)c([N+](=O)[O-])c1. The summed E-state index contributed by atoms with van der Waals surface area (Å²) in [5.74, 6) is 0.0328. The van der Waals surface area contributed by atoms with E-state index in [1.807, 2.05) is 0 Å². The van der Waals surface area contributed by atoms with Gasteiger partial charge in [-0.1, -0.05) is 0 Å². The fourth-order valence-corrected chi connectivity index (χ4v) is 1.42. The molecule has 0 saturated heterocycles. The van der Waals surface area contributed by atoms with Crippen LogP contribution in [0.1, 0.15) is 12.8 Å². The third kappa shape index (κ3) is 3.93. The van der Waals surface area contributed by atoms with E-state index < -0.39 is 4.92 Å². The molecule has 0 aliphatic rings. The van der Waals surface area contributed by atoms with Crippen molar-refractivity contribution in [1.29, 1.82) is 0 Å². The van der Waals surface area contributed by atoms with E-state index in [-0.39, 0.29) is 18.0 Å². The second kappa shape index (κ2) is 6.43. The van der Waals surface area contributed by atoms with Crippen molar-refractivity contribution in [1.82, 2.24) is 0 Å². The Hall–Kier alpha value is -2.31. The summed E-state index contributed by atoms with van der Waals surface area (Å²) in [6.07, 6.45) is 0.773. The molecule has 0 radical (unpaired) electrons. The van der Waals surface area contributed by atoms with Crippen LogP contribution in [0.25, 0.3) is 0 Å². The Kier molecular flexibility index (Phi) is 4.91. The molecule has 0 fully saturated rings. The summed E-state index contributed by atoms with van der Waals surface area (Å²) >= 11 is 0. The Morgan fingerprint density at radius 1 is 1.56 bits per heavy atom. The normalized spacial score (nSPS) is 9.83. The molecule has 1 rings (SSSR count). The van der Waals surface area contributed by atoms with Gasteiger partial charge in [0.05, 0.1) is 18.1 Å². The summed E-state index contributed by atoms with van der Waals surface area (Å²) in [4.78, 5) is 20.9. The van der Waals surface area contributed by atoms with Crippen molar-refractivity contribution in [2.45, 2.75) is 12.8 Å². The second-order valence-electron chi connectivity index (χ2n) is 3.64. The number of benzene rings is 1. The lowest BCUT2D eigenvalue weighted by atomic mass is 10.2. The van der Waals surface area contributed by atoms with Crippen molar-refractivity contribution in [2.24, 2.45) is 5.73 Å². The number of primary amides is 1. The third-order valence-electron chi connectivity index (χ3n) is 2.32. The molecule has 0 unspecified atom stereocenters. The number of nitro benzene ring substituents is 1. The van der Waals surface area contributed by atoms with Gasteiger partial charge >= 0.3 is 0 Å². The predicted molar refractivity (Wildman–Crippen MR) is 66.6 cm³/mol. The maximum atomic E-state index is 10.9. The van der Waals surface area contributed by atoms with Gasteiger partial charge in [0.2, 0.25) is 5.91 Å². The fourth-order valence-electron chi connectivity index (χ4n) is 1.42. The van der Waals surface area contributed by atoms with Gasteiger partial charge in [-0.2, -0.15) is 0 Å². The lowest BCUT2D eigenvalue weighted by Gasteiger charge is -2.07. The number of methoxy groups -OCH3 is 1. The second-order valence-corrected chi connectivity index (χ2v) is 3.64. The number of hydrogen-bond acceptors (Lipinski definition) is 5. The summed E-state index contributed by atoms with van der Waals surface area (Å²) in [6.45, 7) is 0.441. The zero-order chi connectivity index (χ0) is 13.5. The van der Waals surface area contributed by atoms with Crippen LogP contribution in [-0.4, -0.2) is 24.5 Å². The van der Waals surface area contributed by atoms with Crippen molar-refractivity contribution in [3.8, 4) is 5.75 Å². The van der Waals surface area contributed by atoms with E-state index >= 15 is 0 Å². The molecule has 0 aromatic heterocycles. The van der Waals surface area contributed by atoms with Gasteiger partial charge in [0.15, 0.2) is 0 Å². The number of nitrogens with two attached hydrogens (primary N) is 1. The number of rotatable bonds is 7. The molecule has 0 bridgehead atoms. The smallest absolute Gasteiger partial charge is 0.296 e. The predicted octanol–water partition coefficient (Wildman–Crippen LogP) is 1.28. The highest BCUT2D eigenvalue weighted by molar-refractivity contribution is 5.73. The van der Waals surface area contributed by atoms with E-state index in [9.17, 15) is 14.9 Å². The van der Waals surface area contributed by atoms with Crippen LogP contribution >= 0.6 is 0 Å². The van der Waals surface area contributed by atoms with Crippen molar-refractivity contribution in [3.63, 3.8) is 0 Å². The van der Waals surface area contributed by atoms with E-state index in [1.54, 1.807) is 12.1 Å². The number of ether oxygens (including phenoxy) is 1. The Morgan fingerprint density at radius 2 is 2.28 bits per heavy atom. The number of nitrogens with zero attached hydrogens (tertiary/aromatic N) is 1. The minimum absolute atomic E-state index is 0.0616. The molecule has 0 saturated carbocycles. The maximum absolute atomic E-state index is 10.9. The first-order chi connectivity index (χ1) is 8.54.